The van der Waals surface area contributed by atoms with Gasteiger partial charge in [0.25, 0.3) is 11.8 Å². The van der Waals surface area contributed by atoms with Crippen molar-refractivity contribution in [2.24, 2.45) is 17.8 Å². The van der Waals surface area contributed by atoms with Gasteiger partial charge in [-0.3, -0.25) is 28.9 Å². The van der Waals surface area contributed by atoms with Crippen LogP contribution in [-0.4, -0.2) is 50.9 Å². The molecule has 53 heavy (non-hydrogen) atoms. The zero-order chi connectivity index (χ0) is 37.4. The Morgan fingerprint density at radius 1 is 0.811 bits per heavy atom. The van der Waals surface area contributed by atoms with Crippen LogP contribution in [0.1, 0.15) is 47.2 Å². The van der Waals surface area contributed by atoms with Gasteiger partial charge in [0.2, 0.25) is 11.8 Å². The number of benzene rings is 4. The van der Waals surface area contributed by atoms with E-state index in [-0.39, 0.29) is 53.7 Å². The van der Waals surface area contributed by atoms with Crippen LogP contribution in [0, 0.1) is 23.6 Å². The van der Waals surface area contributed by atoms with E-state index in [0.717, 1.165) is 21.9 Å². The largest absolute Gasteiger partial charge is 0.504 e. The van der Waals surface area contributed by atoms with Crippen LogP contribution in [-0.2, 0) is 19.2 Å². The Hall–Kier alpha value is -5.32. The fraction of sp³-hybridized carbons (Fsp3) is 0.244. The van der Waals surface area contributed by atoms with Gasteiger partial charge in [-0.15, -0.1) is 23.2 Å². The zero-order valence-corrected chi connectivity index (χ0v) is 29.7. The molecular formula is C41H31Cl2FN2O7. The molecule has 2 saturated heterocycles. The standard InChI is InChI=1S/C41H31Cl2FN2O7/c1-2-53-31-10-6-9-29(35(31)48)33-27-19-20-28-32(30(27)21-40(42)38(51)46(39(52)41(33,40)43)26-17-13-24(44)14-18-26)37(50)45(36(28)49)25-15-11-23(12-16-25)34(47)22-7-4-3-5-8-22/h3-19,28,30,32-33,48H,2,20-21H2,1H3/t28-,30+,32-,33+,40+,41-/m0/s1. The van der Waals surface area contributed by atoms with Crippen molar-refractivity contribution < 1.29 is 38.2 Å². The van der Waals surface area contributed by atoms with Crippen LogP contribution in [0.25, 0.3) is 0 Å². The summed E-state index contributed by atoms with van der Waals surface area (Å²) in [5.74, 6) is -7.66. The van der Waals surface area contributed by atoms with Crippen molar-refractivity contribution in [1.82, 2.24) is 0 Å². The van der Waals surface area contributed by atoms with Crippen LogP contribution in [0.15, 0.2) is 109 Å². The van der Waals surface area contributed by atoms with Crippen molar-refractivity contribution >= 4 is 64.0 Å². The molecule has 4 aromatic carbocycles. The highest BCUT2D eigenvalue weighted by atomic mass is 35.5. The molecule has 4 aliphatic rings. The lowest BCUT2D eigenvalue weighted by Gasteiger charge is -2.50. The molecular weight excluding hydrogens is 722 g/mol. The number of fused-ring (bicyclic) bond motifs is 4. The molecule has 6 atom stereocenters. The summed E-state index contributed by atoms with van der Waals surface area (Å²) in [4.78, 5) is 68.2. The minimum atomic E-state index is -2.22. The zero-order valence-electron chi connectivity index (χ0n) is 28.2. The van der Waals surface area contributed by atoms with E-state index >= 15 is 0 Å². The van der Waals surface area contributed by atoms with E-state index < -0.39 is 62.9 Å². The monoisotopic (exact) mass is 752 g/mol. The van der Waals surface area contributed by atoms with Crippen LogP contribution >= 0.6 is 23.2 Å². The number of aromatic hydroxyl groups is 1. The normalized spacial score (nSPS) is 27.7. The molecule has 3 fully saturated rings. The van der Waals surface area contributed by atoms with Gasteiger partial charge in [0, 0.05) is 22.6 Å². The lowest BCUT2D eigenvalue weighted by Crippen LogP contribution is -2.60. The number of hydrogen-bond donors (Lipinski definition) is 1. The molecule has 0 radical (unpaired) electrons. The van der Waals surface area contributed by atoms with E-state index in [1.165, 1.54) is 12.1 Å². The third kappa shape index (κ3) is 4.99. The molecule has 0 bridgehead atoms. The number of allylic oxidation sites excluding steroid dienone is 2. The van der Waals surface area contributed by atoms with E-state index in [1.807, 2.05) is 0 Å². The fourth-order valence-corrected chi connectivity index (χ4v) is 9.49. The van der Waals surface area contributed by atoms with Gasteiger partial charge in [0.05, 0.1) is 29.8 Å². The number of para-hydroxylation sites is 1. The second-order valence-electron chi connectivity index (χ2n) is 13.6. The predicted octanol–water partition coefficient (Wildman–Crippen LogP) is 6.93. The van der Waals surface area contributed by atoms with Crippen molar-refractivity contribution in [3.8, 4) is 11.5 Å². The van der Waals surface area contributed by atoms with Crippen LogP contribution in [0.5, 0.6) is 11.5 Å². The highest BCUT2D eigenvalue weighted by Crippen LogP contribution is 2.67. The Morgan fingerprint density at radius 2 is 1.45 bits per heavy atom. The molecule has 268 valence electrons. The van der Waals surface area contributed by atoms with Gasteiger partial charge in [-0.05, 0) is 80.3 Å². The van der Waals surface area contributed by atoms with Gasteiger partial charge in [-0.1, -0.05) is 54.1 Å². The number of nitrogens with zero attached hydrogens (tertiary/aromatic N) is 2. The molecule has 1 N–H and O–H groups in total. The molecule has 4 amide bonds. The molecule has 12 heteroatoms. The topological polar surface area (TPSA) is 121 Å². The molecule has 8 rings (SSSR count). The molecule has 9 nitrogen and oxygen atoms in total. The van der Waals surface area contributed by atoms with Gasteiger partial charge in [0.1, 0.15) is 5.82 Å². The SMILES string of the molecule is CCOc1cccc([C@H]2C3=CC[C@@H]4C(=O)N(c5ccc(C(=O)c6ccccc6)cc5)C(=O)[C@@H]4[C@@H]3C[C@@]3(Cl)C(=O)N(c4ccc(F)cc4)C(=O)[C@@]23Cl)c1O. The van der Waals surface area contributed by atoms with Crippen LogP contribution in [0.4, 0.5) is 15.8 Å². The molecule has 2 aliphatic carbocycles. The van der Waals surface area contributed by atoms with Crippen molar-refractivity contribution in [3.63, 3.8) is 0 Å². The minimum Gasteiger partial charge on any atom is -0.504 e. The van der Waals surface area contributed by atoms with Crippen LogP contribution < -0.4 is 14.5 Å². The van der Waals surface area contributed by atoms with Crippen LogP contribution in [0.3, 0.4) is 0 Å². The van der Waals surface area contributed by atoms with Gasteiger partial charge in [-0.2, -0.15) is 0 Å². The Bertz CT molecular complexity index is 2250. The smallest absolute Gasteiger partial charge is 0.258 e. The number of ketones is 1. The molecule has 2 heterocycles. The second-order valence-corrected chi connectivity index (χ2v) is 14.9. The van der Waals surface area contributed by atoms with E-state index in [0.29, 0.717) is 16.7 Å². The summed E-state index contributed by atoms with van der Waals surface area (Å²) in [6.45, 7) is 1.95. The van der Waals surface area contributed by atoms with E-state index in [9.17, 15) is 33.5 Å². The van der Waals surface area contributed by atoms with E-state index in [2.05, 4.69) is 0 Å². The number of phenols is 1. The molecule has 2 aliphatic heterocycles. The van der Waals surface area contributed by atoms with Gasteiger partial charge in [-0.25, -0.2) is 9.29 Å². The Morgan fingerprint density at radius 3 is 2.13 bits per heavy atom. The highest BCUT2D eigenvalue weighted by Gasteiger charge is 2.77. The average Bonchev–Trinajstić information content (AvgIpc) is 3.50. The molecule has 4 aromatic rings. The summed E-state index contributed by atoms with van der Waals surface area (Å²) >= 11 is 14.9. The summed E-state index contributed by atoms with van der Waals surface area (Å²) in [5, 5.41) is 11.6. The van der Waals surface area contributed by atoms with E-state index in [1.54, 1.807) is 85.8 Å². The molecule has 0 spiro atoms. The fourth-order valence-electron chi connectivity index (χ4n) is 8.56. The Balaban J connectivity index is 1.22. The number of carbonyl (C=O) groups excluding carboxylic acids is 5. The maximum absolute atomic E-state index is 14.6. The first-order valence-corrected chi connectivity index (χ1v) is 17.9. The van der Waals surface area contributed by atoms with Gasteiger partial charge < -0.3 is 9.84 Å². The number of imide groups is 2. The Labute approximate surface area is 313 Å². The maximum atomic E-state index is 14.6. The third-order valence-electron chi connectivity index (χ3n) is 11.0. The van der Waals surface area contributed by atoms with Crippen molar-refractivity contribution in [2.75, 3.05) is 16.4 Å². The van der Waals surface area contributed by atoms with Gasteiger partial charge in [0.15, 0.2) is 27.0 Å². The van der Waals surface area contributed by atoms with Crippen molar-refractivity contribution in [3.05, 3.63) is 131 Å². The summed E-state index contributed by atoms with van der Waals surface area (Å²) in [6.07, 6.45) is 1.59. The molecule has 0 unspecified atom stereocenters. The number of ether oxygens (including phenoxy) is 1. The first-order valence-electron chi connectivity index (χ1n) is 17.2. The number of carbonyl (C=O) groups is 5. The minimum absolute atomic E-state index is 0.0456. The average molecular weight is 754 g/mol. The Kier molecular flexibility index (Phi) is 8.31. The maximum Gasteiger partial charge on any atom is 0.258 e. The summed E-state index contributed by atoms with van der Waals surface area (Å²) < 4.78 is 19.6. The third-order valence-corrected chi connectivity index (χ3v) is 12.4. The first kappa shape index (κ1) is 34.7. The second kappa shape index (κ2) is 12.7. The van der Waals surface area contributed by atoms with E-state index in [4.69, 9.17) is 27.9 Å². The predicted molar refractivity (Wildman–Crippen MR) is 195 cm³/mol. The summed E-state index contributed by atoms with van der Waals surface area (Å²) in [7, 11) is 0. The molecule has 0 aromatic heterocycles. The number of anilines is 2. The summed E-state index contributed by atoms with van der Waals surface area (Å²) in [6, 6.07) is 24.4. The number of alkyl halides is 2. The van der Waals surface area contributed by atoms with Crippen molar-refractivity contribution in [1.29, 1.82) is 0 Å². The van der Waals surface area contributed by atoms with Crippen LogP contribution in [0.2, 0.25) is 0 Å². The number of halogens is 3. The number of hydrogen-bond acceptors (Lipinski definition) is 7. The number of phenolic OH excluding ortho intramolecular Hbond substituents is 1. The summed E-state index contributed by atoms with van der Waals surface area (Å²) in [5.41, 5.74) is 1.82. The number of amides is 4. The van der Waals surface area contributed by atoms with Crippen molar-refractivity contribution in [2.45, 2.75) is 35.4 Å². The first-order chi connectivity index (χ1) is 25.4. The van der Waals surface area contributed by atoms with Gasteiger partial charge >= 0.3 is 0 Å². The lowest BCUT2D eigenvalue weighted by atomic mass is 9.56. The molecule has 1 saturated carbocycles. The number of rotatable bonds is 7. The highest BCUT2D eigenvalue weighted by molar-refractivity contribution is 6.58. The lowest BCUT2D eigenvalue weighted by molar-refractivity contribution is -0.125. The quantitative estimate of drug-likeness (QED) is 0.0941.